The number of nitrogens with zero attached hydrogens (tertiary/aromatic N) is 4. The molecule has 2 aliphatic heterocycles. The Hall–Kier alpha value is -2.29. The predicted octanol–water partition coefficient (Wildman–Crippen LogP) is 1.76. The lowest BCUT2D eigenvalue weighted by Crippen LogP contribution is -2.51. The molecule has 1 spiro atoms. The molecule has 2 saturated heterocycles. The average molecular weight is 340 g/mol. The second kappa shape index (κ2) is 5.91. The van der Waals surface area contributed by atoms with Crippen LogP contribution in [0.2, 0.25) is 0 Å². The van der Waals surface area contributed by atoms with E-state index >= 15 is 0 Å². The van der Waals surface area contributed by atoms with Gasteiger partial charge in [0.1, 0.15) is 11.8 Å². The van der Waals surface area contributed by atoms with Crippen LogP contribution in [0.5, 0.6) is 0 Å². The molecule has 4 rings (SSSR count). The molecule has 1 atom stereocenters. The molecule has 6 nitrogen and oxygen atoms in total. The topological polar surface area (TPSA) is 69.3 Å². The summed E-state index contributed by atoms with van der Waals surface area (Å²) in [6.45, 7) is 2.90. The molecule has 25 heavy (non-hydrogen) atoms. The Labute approximate surface area is 148 Å². The fourth-order valence-electron chi connectivity index (χ4n) is 4.36. The highest BCUT2D eigenvalue weighted by atomic mass is 16.2. The molecular weight excluding hydrogens is 316 g/mol. The molecule has 1 unspecified atom stereocenters. The molecule has 1 aliphatic carbocycles. The molecule has 132 valence electrons. The van der Waals surface area contributed by atoms with Gasteiger partial charge >= 0.3 is 0 Å². The van der Waals surface area contributed by atoms with Gasteiger partial charge in [0.2, 0.25) is 5.91 Å². The van der Waals surface area contributed by atoms with Crippen LogP contribution in [0.15, 0.2) is 12.3 Å². The van der Waals surface area contributed by atoms with E-state index in [9.17, 15) is 9.59 Å². The van der Waals surface area contributed by atoms with Gasteiger partial charge < -0.3 is 14.4 Å². The van der Waals surface area contributed by atoms with Crippen molar-refractivity contribution in [2.45, 2.75) is 32.1 Å². The van der Waals surface area contributed by atoms with E-state index < -0.39 is 0 Å². The van der Waals surface area contributed by atoms with Gasteiger partial charge in [-0.3, -0.25) is 9.59 Å². The second-order valence-corrected chi connectivity index (χ2v) is 7.89. The highest BCUT2D eigenvalue weighted by molar-refractivity contribution is 5.94. The molecule has 1 aromatic rings. The van der Waals surface area contributed by atoms with E-state index in [0.29, 0.717) is 30.3 Å². The van der Waals surface area contributed by atoms with E-state index in [1.165, 1.54) is 12.8 Å². The number of rotatable bonds is 3. The van der Waals surface area contributed by atoms with E-state index in [1.54, 1.807) is 28.8 Å². The van der Waals surface area contributed by atoms with E-state index in [1.807, 2.05) is 4.90 Å². The van der Waals surface area contributed by atoms with E-state index in [-0.39, 0.29) is 17.2 Å². The number of likely N-dealkylation sites (tertiary alicyclic amines) is 2. The van der Waals surface area contributed by atoms with Gasteiger partial charge in [0.15, 0.2) is 0 Å². The maximum atomic E-state index is 13.1. The highest BCUT2D eigenvalue weighted by Crippen LogP contribution is 2.42. The van der Waals surface area contributed by atoms with Crippen molar-refractivity contribution in [1.29, 1.82) is 5.26 Å². The fourth-order valence-corrected chi connectivity index (χ4v) is 4.36. The first-order valence-electron chi connectivity index (χ1n) is 9.17. The van der Waals surface area contributed by atoms with Gasteiger partial charge in [0.25, 0.3) is 5.91 Å². The summed E-state index contributed by atoms with van der Waals surface area (Å²) in [6, 6.07) is 3.71. The lowest BCUT2D eigenvalue weighted by atomic mass is 9.78. The monoisotopic (exact) mass is 340 g/mol. The zero-order chi connectivity index (χ0) is 17.6. The summed E-state index contributed by atoms with van der Waals surface area (Å²) < 4.78 is 1.70. The Morgan fingerprint density at radius 3 is 2.84 bits per heavy atom. The van der Waals surface area contributed by atoms with Crippen LogP contribution >= 0.6 is 0 Å². The van der Waals surface area contributed by atoms with Gasteiger partial charge in [-0.1, -0.05) is 0 Å². The smallest absolute Gasteiger partial charge is 0.270 e. The summed E-state index contributed by atoms with van der Waals surface area (Å²) in [7, 11) is 1.78. The van der Waals surface area contributed by atoms with Crippen molar-refractivity contribution in [3.05, 3.63) is 23.5 Å². The van der Waals surface area contributed by atoms with Crippen LogP contribution in [0.1, 0.15) is 48.2 Å². The van der Waals surface area contributed by atoms with Crippen molar-refractivity contribution in [1.82, 2.24) is 14.4 Å². The molecule has 0 radical (unpaired) electrons. The Morgan fingerprint density at radius 2 is 2.16 bits per heavy atom. The fraction of sp³-hybridized carbons (Fsp3) is 0.632. The summed E-state index contributed by atoms with van der Waals surface area (Å²) in [5, 5.41) is 9.02. The number of hydrogen-bond donors (Lipinski definition) is 0. The minimum absolute atomic E-state index is 0.0759. The number of hydrogen-bond acceptors (Lipinski definition) is 3. The molecule has 3 heterocycles. The van der Waals surface area contributed by atoms with Gasteiger partial charge in [-0.2, -0.15) is 5.26 Å². The Bertz CT molecular complexity index is 758. The quantitative estimate of drug-likeness (QED) is 0.842. The molecular formula is C19H24N4O2. The van der Waals surface area contributed by atoms with Gasteiger partial charge in [-0.05, 0) is 44.1 Å². The number of aryl methyl sites for hydroxylation is 1. The molecule has 2 amide bonds. The van der Waals surface area contributed by atoms with Crippen molar-refractivity contribution in [3.8, 4) is 6.07 Å². The molecule has 0 bridgehead atoms. The molecule has 1 aromatic heterocycles. The summed E-state index contributed by atoms with van der Waals surface area (Å²) in [5.41, 5.74) is 0.627. The third-order valence-corrected chi connectivity index (χ3v) is 5.99. The third-order valence-electron chi connectivity index (χ3n) is 5.99. The minimum Gasteiger partial charge on any atom is -0.345 e. The average Bonchev–Trinajstić information content (AvgIpc) is 3.19. The number of carbonyl (C=O) groups is 2. The van der Waals surface area contributed by atoms with Crippen LogP contribution in [0.4, 0.5) is 0 Å². The molecule has 6 heteroatoms. The van der Waals surface area contributed by atoms with Crippen LogP contribution in [0.3, 0.4) is 0 Å². The molecule has 0 aromatic carbocycles. The van der Waals surface area contributed by atoms with Crippen molar-refractivity contribution < 1.29 is 9.59 Å². The van der Waals surface area contributed by atoms with E-state index in [2.05, 4.69) is 6.07 Å². The molecule has 0 N–H and O–H groups in total. The molecule has 3 fully saturated rings. The van der Waals surface area contributed by atoms with Crippen LogP contribution in [0, 0.1) is 22.7 Å². The van der Waals surface area contributed by atoms with Crippen LogP contribution in [0.25, 0.3) is 0 Å². The maximum Gasteiger partial charge on any atom is 0.270 e. The van der Waals surface area contributed by atoms with Gasteiger partial charge in [0.05, 0.1) is 11.0 Å². The van der Waals surface area contributed by atoms with Gasteiger partial charge in [-0.15, -0.1) is 0 Å². The van der Waals surface area contributed by atoms with Gasteiger partial charge in [0, 0.05) is 39.4 Å². The standard InChI is InChI=1S/C19H24N4O2/c1-21-11-15(10-20)9-16(21)17(24)23-8-6-19(13-23)5-2-7-22(18(19)25)12-14-3-4-14/h9,11,14H,2-8,12-13H2,1H3. The highest BCUT2D eigenvalue weighted by Gasteiger charge is 2.50. The largest absolute Gasteiger partial charge is 0.345 e. The predicted molar refractivity (Wildman–Crippen MR) is 91.6 cm³/mol. The Morgan fingerprint density at radius 1 is 1.36 bits per heavy atom. The number of carbonyl (C=O) groups excluding carboxylic acids is 2. The van der Waals surface area contributed by atoms with Crippen molar-refractivity contribution in [3.63, 3.8) is 0 Å². The van der Waals surface area contributed by atoms with Crippen LogP contribution in [-0.2, 0) is 11.8 Å². The van der Waals surface area contributed by atoms with E-state index in [4.69, 9.17) is 5.26 Å². The SMILES string of the molecule is Cn1cc(C#N)cc1C(=O)N1CCC2(CCCN(CC3CC3)C2=O)C1. The second-order valence-electron chi connectivity index (χ2n) is 7.89. The first kappa shape index (κ1) is 16.2. The summed E-state index contributed by atoms with van der Waals surface area (Å²) in [6.07, 6.45) is 6.83. The Balaban J connectivity index is 1.49. The third kappa shape index (κ3) is 2.82. The van der Waals surface area contributed by atoms with E-state index in [0.717, 1.165) is 32.4 Å². The number of piperidine rings is 1. The number of nitriles is 1. The molecule has 1 saturated carbocycles. The van der Waals surface area contributed by atoms with Crippen LogP contribution in [-0.4, -0.2) is 52.4 Å². The van der Waals surface area contributed by atoms with Crippen molar-refractivity contribution in [2.75, 3.05) is 26.2 Å². The lowest BCUT2D eigenvalue weighted by Gasteiger charge is -2.39. The Kier molecular flexibility index (Phi) is 3.82. The summed E-state index contributed by atoms with van der Waals surface area (Å²) >= 11 is 0. The number of amides is 2. The zero-order valence-electron chi connectivity index (χ0n) is 14.7. The summed E-state index contributed by atoms with van der Waals surface area (Å²) in [4.78, 5) is 29.8. The minimum atomic E-state index is -0.383. The number of aromatic nitrogens is 1. The lowest BCUT2D eigenvalue weighted by molar-refractivity contribution is -0.145. The van der Waals surface area contributed by atoms with Crippen molar-refractivity contribution in [2.24, 2.45) is 18.4 Å². The maximum absolute atomic E-state index is 13.1. The molecule has 3 aliphatic rings. The van der Waals surface area contributed by atoms with Crippen molar-refractivity contribution >= 4 is 11.8 Å². The first-order valence-corrected chi connectivity index (χ1v) is 9.17. The van der Waals surface area contributed by atoms with Gasteiger partial charge in [-0.25, -0.2) is 0 Å². The zero-order valence-corrected chi connectivity index (χ0v) is 14.7. The normalized spacial score (nSPS) is 26.3. The van der Waals surface area contributed by atoms with Crippen LogP contribution < -0.4 is 0 Å². The summed E-state index contributed by atoms with van der Waals surface area (Å²) in [5.74, 6) is 0.879. The first-order chi connectivity index (χ1) is 12.0.